The first-order chi connectivity index (χ1) is 6.20. The van der Waals surface area contributed by atoms with Crippen LogP contribution < -0.4 is 0 Å². The van der Waals surface area contributed by atoms with E-state index in [1.54, 1.807) is 4.99 Å². The number of hydrogen-bond acceptors (Lipinski definition) is 2. The van der Waals surface area contributed by atoms with Gasteiger partial charge in [-0.1, -0.05) is 28.1 Å². The van der Waals surface area contributed by atoms with Crippen LogP contribution in [0.1, 0.15) is 13.3 Å². The maximum atomic E-state index is 11.3. The molecule has 13 heavy (non-hydrogen) atoms. The van der Waals surface area contributed by atoms with Crippen LogP contribution in [0.25, 0.3) is 0 Å². The first kappa shape index (κ1) is 10.7. The van der Waals surface area contributed by atoms with E-state index in [2.05, 4.69) is 31.9 Å². The van der Waals surface area contributed by atoms with Gasteiger partial charge in [-0.2, -0.15) is 0 Å². The van der Waals surface area contributed by atoms with Crippen molar-refractivity contribution in [2.75, 3.05) is 0 Å². The first-order valence-corrected chi connectivity index (χ1v) is 5.44. The summed E-state index contributed by atoms with van der Waals surface area (Å²) in [7, 11) is 0. The van der Waals surface area contributed by atoms with E-state index in [-0.39, 0.29) is 5.97 Å². The highest BCUT2D eigenvalue weighted by molar-refractivity contribution is 9.12. The summed E-state index contributed by atoms with van der Waals surface area (Å²) in [4.78, 5) is 12.8. The molecule has 1 aliphatic rings. The first-order valence-electron chi connectivity index (χ1n) is 3.73. The van der Waals surface area contributed by atoms with Gasteiger partial charge in [0.2, 0.25) is 0 Å². The quantitative estimate of drug-likeness (QED) is 0.577. The van der Waals surface area contributed by atoms with Crippen LogP contribution in [0.3, 0.4) is 0 Å². The monoisotopic (exact) mass is 306 g/mol. The van der Waals surface area contributed by atoms with Crippen LogP contribution >= 0.6 is 31.9 Å². The third kappa shape index (κ3) is 2.31. The van der Waals surface area contributed by atoms with Crippen molar-refractivity contribution in [3.8, 4) is 0 Å². The normalized spacial score (nSPS) is 20.5. The van der Waals surface area contributed by atoms with Crippen molar-refractivity contribution < 1.29 is 9.53 Å². The maximum absolute atomic E-state index is 11.3. The molecule has 0 radical (unpaired) electrons. The Hall–Kier alpha value is -0.350. The Morgan fingerprint density at radius 2 is 2.23 bits per heavy atom. The van der Waals surface area contributed by atoms with Crippen molar-refractivity contribution in [3.63, 3.8) is 0 Å². The number of halogens is 2. The highest BCUT2D eigenvalue weighted by Gasteiger charge is 2.26. The standard InChI is InChI=1S/C9H8Br2O2/c1-2-3-4-6-8(11)7(5-10)13-9(6)12/h2-3,5H,4H2,1H3. The van der Waals surface area contributed by atoms with Gasteiger partial charge in [0.1, 0.15) is 0 Å². The summed E-state index contributed by atoms with van der Waals surface area (Å²) < 4.78 is 5.68. The lowest BCUT2D eigenvalue weighted by atomic mass is 10.2. The molecule has 1 rings (SSSR count). The van der Waals surface area contributed by atoms with E-state index in [9.17, 15) is 4.79 Å². The number of carbonyl (C=O) groups is 1. The topological polar surface area (TPSA) is 26.3 Å². The zero-order valence-electron chi connectivity index (χ0n) is 7.01. The molecule has 2 nitrogen and oxygen atoms in total. The minimum atomic E-state index is -0.282. The van der Waals surface area contributed by atoms with Crippen LogP contribution in [-0.4, -0.2) is 5.97 Å². The van der Waals surface area contributed by atoms with Gasteiger partial charge in [0.25, 0.3) is 0 Å². The van der Waals surface area contributed by atoms with Gasteiger partial charge in [0, 0.05) is 4.99 Å². The van der Waals surface area contributed by atoms with Crippen molar-refractivity contribution in [1.29, 1.82) is 0 Å². The van der Waals surface area contributed by atoms with Gasteiger partial charge < -0.3 is 4.74 Å². The van der Waals surface area contributed by atoms with Crippen molar-refractivity contribution in [1.82, 2.24) is 0 Å². The van der Waals surface area contributed by atoms with Gasteiger partial charge in [-0.15, -0.1) is 0 Å². The van der Waals surface area contributed by atoms with Crippen molar-refractivity contribution in [2.45, 2.75) is 13.3 Å². The number of allylic oxidation sites excluding steroid dienone is 3. The van der Waals surface area contributed by atoms with Crippen molar-refractivity contribution in [2.24, 2.45) is 0 Å². The van der Waals surface area contributed by atoms with Gasteiger partial charge in [0.05, 0.1) is 10.1 Å². The maximum Gasteiger partial charge on any atom is 0.341 e. The summed E-state index contributed by atoms with van der Waals surface area (Å²) in [5, 5.41) is 0. The van der Waals surface area contributed by atoms with Crippen molar-refractivity contribution in [3.05, 3.63) is 33.0 Å². The second-order valence-electron chi connectivity index (χ2n) is 2.43. The predicted molar refractivity (Wildman–Crippen MR) is 58.5 cm³/mol. The molecule has 0 atom stereocenters. The van der Waals surface area contributed by atoms with Gasteiger partial charge in [-0.05, 0) is 29.3 Å². The molecule has 1 aliphatic heterocycles. The van der Waals surface area contributed by atoms with E-state index in [1.165, 1.54) is 0 Å². The predicted octanol–water partition coefficient (Wildman–Crippen LogP) is 3.39. The molecule has 0 spiro atoms. The number of esters is 1. The molecular weight excluding hydrogens is 300 g/mol. The third-order valence-corrected chi connectivity index (χ3v) is 2.87. The fraction of sp³-hybridized carbons (Fsp3) is 0.222. The largest absolute Gasteiger partial charge is 0.421 e. The van der Waals surface area contributed by atoms with E-state index in [0.29, 0.717) is 17.8 Å². The Morgan fingerprint density at radius 1 is 1.54 bits per heavy atom. The van der Waals surface area contributed by atoms with E-state index in [0.717, 1.165) is 4.48 Å². The average molecular weight is 308 g/mol. The molecule has 0 aromatic carbocycles. The van der Waals surface area contributed by atoms with Crippen LogP contribution in [0.5, 0.6) is 0 Å². The molecule has 1 heterocycles. The highest BCUT2D eigenvalue weighted by Crippen LogP contribution is 2.33. The fourth-order valence-electron chi connectivity index (χ4n) is 0.923. The summed E-state index contributed by atoms with van der Waals surface area (Å²) in [6, 6.07) is 0. The second kappa shape index (κ2) is 4.77. The van der Waals surface area contributed by atoms with Gasteiger partial charge >= 0.3 is 5.97 Å². The number of ether oxygens (including phenoxy) is 1. The molecule has 0 N–H and O–H groups in total. The summed E-state index contributed by atoms with van der Waals surface area (Å²) >= 11 is 6.42. The van der Waals surface area contributed by atoms with Crippen LogP contribution in [-0.2, 0) is 9.53 Å². The van der Waals surface area contributed by atoms with Gasteiger partial charge in [0.15, 0.2) is 5.76 Å². The molecule has 0 fully saturated rings. The molecule has 0 aliphatic carbocycles. The Morgan fingerprint density at radius 3 is 2.69 bits per heavy atom. The van der Waals surface area contributed by atoms with Crippen LogP contribution in [0.15, 0.2) is 33.0 Å². The molecule has 4 heteroatoms. The molecular formula is C9H8Br2O2. The van der Waals surface area contributed by atoms with E-state index < -0.39 is 0 Å². The van der Waals surface area contributed by atoms with E-state index >= 15 is 0 Å². The summed E-state index contributed by atoms with van der Waals surface area (Å²) in [5.74, 6) is 0.250. The Kier molecular flexibility index (Phi) is 3.93. The number of hydrogen-bond donors (Lipinski definition) is 0. The van der Waals surface area contributed by atoms with Gasteiger partial charge in [-0.3, -0.25) is 0 Å². The van der Waals surface area contributed by atoms with Crippen molar-refractivity contribution >= 4 is 37.8 Å². The Bertz CT molecular complexity index is 314. The summed E-state index contributed by atoms with van der Waals surface area (Å²) in [6.45, 7) is 1.91. The van der Waals surface area contributed by atoms with Gasteiger partial charge in [-0.25, -0.2) is 4.79 Å². The zero-order valence-corrected chi connectivity index (χ0v) is 10.2. The second-order valence-corrected chi connectivity index (χ2v) is 3.68. The smallest absolute Gasteiger partial charge is 0.341 e. The zero-order chi connectivity index (χ0) is 9.84. The molecule has 0 saturated heterocycles. The lowest BCUT2D eigenvalue weighted by molar-refractivity contribution is -0.133. The number of carbonyl (C=O) groups excluding carboxylic acids is 1. The van der Waals surface area contributed by atoms with Crippen LogP contribution in [0.2, 0.25) is 0 Å². The van der Waals surface area contributed by atoms with E-state index in [4.69, 9.17) is 4.74 Å². The minimum Gasteiger partial charge on any atom is -0.421 e. The SMILES string of the molecule is CC=CCC1=C(Br)C(=CBr)OC1=O. The molecule has 0 aromatic heterocycles. The highest BCUT2D eigenvalue weighted by atomic mass is 79.9. The fourth-order valence-corrected chi connectivity index (χ4v) is 2.07. The average Bonchev–Trinajstić information content (AvgIpc) is 2.39. The Balaban J connectivity index is 2.92. The lowest BCUT2D eigenvalue weighted by Gasteiger charge is -1.92. The molecule has 0 amide bonds. The molecule has 0 bridgehead atoms. The van der Waals surface area contributed by atoms with E-state index in [1.807, 2.05) is 19.1 Å². The number of rotatable bonds is 2. The molecule has 0 aromatic rings. The minimum absolute atomic E-state index is 0.282. The molecule has 0 saturated carbocycles. The summed E-state index contributed by atoms with van der Waals surface area (Å²) in [5.41, 5.74) is 0.656. The van der Waals surface area contributed by atoms with Crippen LogP contribution in [0, 0.1) is 0 Å². The molecule has 70 valence electrons. The molecule has 0 unspecified atom stereocenters. The third-order valence-electron chi connectivity index (χ3n) is 1.59. The Labute approximate surface area is 93.6 Å². The van der Waals surface area contributed by atoms with Crippen LogP contribution in [0.4, 0.5) is 0 Å². The summed E-state index contributed by atoms with van der Waals surface area (Å²) in [6.07, 6.45) is 4.41. The lowest BCUT2D eigenvalue weighted by Crippen LogP contribution is -1.97. The number of cyclic esters (lactones) is 1.